The Bertz CT molecular complexity index is 804. The van der Waals surface area contributed by atoms with Gasteiger partial charge in [-0.1, -0.05) is 36.4 Å². The van der Waals surface area contributed by atoms with Crippen molar-refractivity contribution < 1.29 is 19.1 Å². The topological polar surface area (TPSA) is 95.6 Å². The Morgan fingerprint density at radius 1 is 1.32 bits per heavy atom. The van der Waals surface area contributed by atoms with Crippen molar-refractivity contribution in [2.75, 3.05) is 6.50 Å². The van der Waals surface area contributed by atoms with Crippen molar-refractivity contribution in [3.8, 4) is 5.75 Å². The lowest BCUT2D eigenvalue weighted by Crippen LogP contribution is -2.31. The van der Waals surface area contributed by atoms with E-state index < -0.39 is 24.2 Å². The number of nitrogens with one attached hydrogen (secondary N) is 1. The molecule has 0 aromatic heterocycles. The van der Waals surface area contributed by atoms with Crippen LogP contribution in [0, 0.1) is 0 Å². The molecule has 25 heavy (non-hydrogen) atoms. The summed E-state index contributed by atoms with van der Waals surface area (Å²) in [6, 6.07) is 12.7. The minimum Gasteiger partial charge on any atom is -0.507 e. The number of aromatic hydroxyl groups is 1. The van der Waals surface area contributed by atoms with Crippen LogP contribution in [0.2, 0.25) is 0 Å². The van der Waals surface area contributed by atoms with E-state index in [2.05, 4.69) is 5.32 Å². The largest absolute Gasteiger partial charge is 0.507 e. The van der Waals surface area contributed by atoms with E-state index in [4.69, 9.17) is 9.85 Å². The first-order valence-electron chi connectivity index (χ1n) is 9.22. The Morgan fingerprint density at radius 3 is 2.64 bits per heavy atom. The van der Waals surface area contributed by atoms with Crippen LogP contribution in [-0.4, -0.2) is 28.7 Å². The summed E-state index contributed by atoms with van der Waals surface area (Å²) < 4.78 is 24.5. The summed E-state index contributed by atoms with van der Waals surface area (Å²) in [4.78, 5) is 11.4. The second kappa shape index (κ2) is 10.0. The van der Waals surface area contributed by atoms with Gasteiger partial charge in [-0.15, -0.1) is 12.4 Å². The Kier molecular flexibility index (Phi) is 6.58. The molecule has 0 saturated carbocycles. The van der Waals surface area contributed by atoms with Crippen LogP contribution < -0.4 is 11.1 Å². The summed E-state index contributed by atoms with van der Waals surface area (Å²) in [5.41, 5.74) is 5.79. The number of phenols is 1. The third-order valence-electron chi connectivity index (χ3n) is 3.68. The second-order valence-electron chi connectivity index (χ2n) is 5.64. The van der Waals surface area contributed by atoms with Crippen molar-refractivity contribution in [2.24, 2.45) is 5.73 Å². The van der Waals surface area contributed by atoms with Crippen molar-refractivity contribution in [3.63, 3.8) is 0 Å². The molecule has 0 heterocycles. The fourth-order valence-corrected chi connectivity index (χ4v) is 2.24. The van der Waals surface area contributed by atoms with Crippen LogP contribution in [-0.2, 0) is 6.42 Å². The van der Waals surface area contributed by atoms with Gasteiger partial charge in [0.1, 0.15) is 5.75 Å². The predicted octanol–water partition coefficient (Wildman–Crippen LogP) is 2.56. The third kappa shape index (κ3) is 6.38. The number of hydrogen-bond donors (Lipinski definition) is 4. The number of benzene rings is 2. The molecule has 1 amide bonds. The molecular weight excluding hydrogens is 340 g/mol. The molecule has 0 aliphatic heterocycles. The van der Waals surface area contributed by atoms with Gasteiger partial charge in [0, 0.05) is 15.3 Å². The number of carbonyl (C=O) groups excluding carboxylic acids is 1. The third-order valence-corrected chi connectivity index (χ3v) is 3.68. The van der Waals surface area contributed by atoms with Crippen LogP contribution in [0.5, 0.6) is 5.75 Å². The van der Waals surface area contributed by atoms with Crippen molar-refractivity contribution >= 4 is 18.3 Å². The lowest BCUT2D eigenvalue weighted by molar-refractivity contribution is 0.0997. The number of halogens is 1. The van der Waals surface area contributed by atoms with E-state index in [0.717, 1.165) is 17.7 Å². The molecule has 0 spiro atoms. The summed E-state index contributed by atoms with van der Waals surface area (Å²) in [7, 11) is 0. The number of aryl methyl sites for hydroxylation is 1. The standard InChI is InChI=1S/C19H24N2O3.ClH/c1-13(7-8-14-5-3-2-4-6-14)21-12-18(23)15-9-10-17(22)16(11-15)19(20)24;/h2-6,9-11,13,18,21-23H,7-8,12H2,1H3,(H2,20,24);1H/i12D2,18D;. The fourth-order valence-electron chi connectivity index (χ4n) is 2.24. The molecule has 136 valence electrons. The Balaban J connectivity index is 0.00000392. The maximum absolute atomic E-state index is 11.4. The monoisotopic (exact) mass is 367 g/mol. The smallest absolute Gasteiger partial charge is 0.252 e. The van der Waals surface area contributed by atoms with Gasteiger partial charge in [0.15, 0.2) is 0 Å². The molecular formula is C19H25ClN2O3. The molecule has 2 aromatic carbocycles. The number of amides is 1. The van der Waals surface area contributed by atoms with Gasteiger partial charge in [0.05, 0.1) is 13.0 Å². The first-order valence-corrected chi connectivity index (χ1v) is 7.72. The van der Waals surface area contributed by atoms with Gasteiger partial charge in [-0.05, 0) is 43.0 Å². The van der Waals surface area contributed by atoms with Crippen LogP contribution >= 0.6 is 12.4 Å². The number of carbonyl (C=O) groups is 1. The highest BCUT2D eigenvalue weighted by Gasteiger charge is 2.14. The Hall–Kier alpha value is -2.08. The number of hydrogen-bond acceptors (Lipinski definition) is 4. The van der Waals surface area contributed by atoms with Crippen LogP contribution in [0.15, 0.2) is 48.5 Å². The van der Waals surface area contributed by atoms with E-state index in [0.29, 0.717) is 12.8 Å². The molecule has 2 rings (SSSR count). The Labute approximate surface area is 158 Å². The fraction of sp³-hybridized carbons (Fsp3) is 0.316. The highest BCUT2D eigenvalue weighted by molar-refractivity contribution is 5.95. The zero-order valence-corrected chi connectivity index (χ0v) is 14.7. The Morgan fingerprint density at radius 2 is 2.00 bits per heavy atom. The van der Waals surface area contributed by atoms with E-state index >= 15 is 0 Å². The van der Waals surface area contributed by atoms with Crippen molar-refractivity contribution in [1.82, 2.24) is 5.32 Å². The van der Waals surface area contributed by atoms with Gasteiger partial charge in [-0.25, -0.2) is 0 Å². The van der Waals surface area contributed by atoms with E-state index in [9.17, 15) is 15.0 Å². The highest BCUT2D eigenvalue weighted by atomic mass is 35.5. The molecule has 0 fully saturated rings. The summed E-state index contributed by atoms with van der Waals surface area (Å²) in [6.45, 7) is -0.752. The molecule has 2 unspecified atom stereocenters. The van der Waals surface area contributed by atoms with Gasteiger partial charge in [0.2, 0.25) is 0 Å². The SMILES string of the molecule is Cl.[2H]C([2H])(NC(C)CCc1ccccc1)C([2H])(O)c1ccc(O)c(C(N)=O)c1. The minimum atomic E-state index is -2.70. The lowest BCUT2D eigenvalue weighted by Gasteiger charge is -2.18. The molecule has 2 atom stereocenters. The lowest BCUT2D eigenvalue weighted by atomic mass is 10.0. The summed E-state index contributed by atoms with van der Waals surface area (Å²) in [5.74, 6) is -1.33. The molecule has 5 N–H and O–H groups in total. The predicted molar refractivity (Wildman–Crippen MR) is 101 cm³/mol. The number of nitrogens with two attached hydrogens (primary N) is 1. The first kappa shape index (κ1) is 16.4. The van der Waals surface area contributed by atoms with Gasteiger partial charge in [0.25, 0.3) is 5.91 Å². The number of rotatable bonds is 8. The minimum absolute atomic E-state index is 0. The average Bonchev–Trinajstić information content (AvgIpc) is 2.60. The van der Waals surface area contributed by atoms with E-state index in [-0.39, 0.29) is 29.6 Å². The van der Waals surface area contributed by atoms with Crippen molar-refractivity contribution in [2.45, 2.75) is 31.9 Å². The quantitative estimate of drug-likeness (QED) is 0.576. The van der Waals surface area contributed by atoms with Crippen LogP contribution in [0.3, 0.4) is 0 Å². The zero-order chi connectivity index (χ0) is 20.2. The van der Waals surface area contributed by atoms with E-state index in [1.807, 2.05) is 30.3 Å². The number of primary amides is 1. The maximum atomic E-state index is 11.4. The van der Waals surface area contributed by atoms with Crippen LogP contribution in [0.4, 0.5) is 0 Å². The van der Waals surface area contributed by atoms with Crippen molar-refractivity contribution in [3.05, 3.63) is 65.2 Å². The second-order valence-corrected chi connectivity index (χ2v) is 5.64. The van der Waals surface area contributed by atoms with Crippen molar-refractivity contribution in [1.29, 1.82) is 0 Å². The average molecular weight is 368 g/mol. The number of aliphatic hydroxyl groups is 1. The molecule has 5 nitrogen and oxygen atoms in total. The molecule has 0 bridgehead atoms. The molecule has 0 aliphatic rings. The van der Waals surface area contributed by atoms with E-state index in [1.54, 1.807) is 6.92 Å². The van der Waals surface area contributed by atoms with Gasteiger partial charge in [-0.3, -0.25) is 4.79 Å². The summed E-state index contributed by atoms with van der Waals surface area (Å²) in [6.07, 6.45) is -1.39. The van der Waals surface area contributed by atoms with Gasteiger partial charge >= 0.3 is 0 Å². The highest BCUT2D eigenvalue weighted by Crippen LogP contribution is 2.22. The zero-order valence-electron chi connectivity index (χ0n) is 16.9. The summed E-state index contributed by atoms with van der Waals surface area (Å²) >= 11 is 0. The molecule has 0 radical (unpaired) electrons. The molecule has 6 heteroatoms. The van der Waals surface area contributed by atoms with Gasteiger partial charge < -0.3 is 21.3 Å². The first-order chi connectivity index (χ1) is 12.5. The van der Waals surface area contributed by atoms with Crippen LogP contribution in [0.25, 0.3) is 0 Å². The van der Waals surface area contributed by atoms with Crippen LogP contribution in [0.1, 0.15) is 45.0 Å². The molecule has 0 aliphatic carbocycles. The van der Waals surface area contributed by atoms with E-state index in [1.165, 1.54) is 6.07 Å². The van der Waals surface area contributed by atoms with Gasteiger partial charge in [-0.2, -0.15) is 0 Å². The molecule has 2 aromatic rings. The maximum Gasteiger partial charge on any atom is 0.252 e. The summed E-state index contributed by atoms with van der Waals surface area (Å²) in [5, 5.41) is 22.8. The normalized spacial score (nSPS) is 16.5. The molecule has 0 saturated heterocycles.